The van der Waals surface area contributed by atoms with E-state index < -0.39 is 0 Å². The fraction of sp³-hybridized carbons (Fsp3) is 0.308. The lowest BCUT2D eigenvalue weighted by molar-refractivity contribution is 0.397. The van der Waals surface area contributed by atoms with Crippen molar-refractivity contribution < 1.29 is 4.74 Å². The Kier molecular flexibility index (Phi) is 3.72. The summed E-state index contributed by atoms with van der Waals surface area (Å²) in [6, 6.07) is 5.80. The van der Waals surface area contributed by atoms with Gasteiger partial charge in [-0.3, -0.25) is 4.98 Å². The molecule has 0 saturated carbocycles. The standard InChI is InChI=1S/C13H16N4O/c1-9-7-12(18-3)17-13(15-9)16-10(2)11-5-4-6-14-8-11/h4-8,10H,1-3H3,(H,15,16,17). The van der Waals surface area contributed by atoms with E-state index in [1.807, 2.05) is 32.2 Å². The van der Waals surface area contributed by atoms with Crippen molar-refractivity contribution in [3.8, 4) is 5.88 Å². The molecule has 2 rings (SSSR count). The maximum absolute atomic E-state index is 5.12. The Morgan fingerprint density at radius 1 is 1.33 bits per heavy atom. The molecule has 0 radical (unpaired) electrons. The third-order valence-corrected chi connectivity index (χ3v) is 2.57. The van der Waals surface area contributed by atoms with Crippen LogP contribution in [0.1, 0.15) is 24.2 Å². The van der Waals surface area contributed by atoms with Gasteiger partial charge in [0.2, 0.25) is 11.8 Å². The van der Waals surface area contributed by atoms with Gasteiger partial charge in [0.25, 0.3) is 0 Å². The van der Waals surface area contributed by atoms with Crippen LogP contribution >= 0.6 is 0 Å². The second-order valence-corrected chi connectivity index (χ2v) is 4.03. The summed E-state index contributed by atoms with van der Waals surface area (Å²) in [7, 11) is 1.59. The zero-order valence-electron chi connectivity index (χ0n) is 10.7. The second kappa shape index (κ2) is 5.44. The number of nitrogens with zero attached hydrogens (tertiary/aromatic N) is 3. The molecule has 94 valence electrons. The molecule has 0 amide bonds. The smallest absolute Gasteiger partial charge is 0.226 e. The lowest BCUT2D eigenvalue weighted by atomic mass is 10.1. The van der Waals surface area contributed by atoms with Crippen LogP contribution in [-0.4, -0.2) is 22.1 Å². The third kappa shape index (κ3) is 2.94. The average molecular weight is 244 g/mol. The average Bonchev–Trinajstić information content (AvgIpc) is 2.39. The van der Waals surface area contributed by atoms with Crippen molar-refractivity contribution in [2.75, 3.05) is 12.4 Å². The fourth-order valence-corrected chi connectivity index (χ4v) is 1.62. The molecule has 0 aliphatic rings. The van der Waals surface area contributed by atoms with Crippen LogP contribution in [0.5, 0.6) is 5.88 Å². The Morgan fingerprint density at radius 3 is 2.83 bits per heavy atom. The summed E-state index contributed by atoms with van der Waals surface area (Å²) < 4.78 is 5.12. The maximum Gasteiger partial charge on any atom is 0.226 e. The molecule has 5 heteroatoms. The molecule has 0 fully saturated rings. The Labute approximate surface area is 106 Å². The van der Waals surface area contributed by atoms with Crippen LogP contribution in [0.15, 0.2) is 30.6 Å². The van der Waals surface area contributed by atoms with E-state index in [4.69, 9.17) is 4.74 Å². The number of anilines is 1. The van der Waals surface area contributed by atoms with Crippen molar-refractivity contribution in [3.63, 3.8) is 0 Å². The zero-order valence-corrected chi connectivity index (χ0v) is 10.7. The Balaban J connectivity index is 2.16. The number of hydrogen-bond acceptors (Lipinski definition) is 5. The van der Waals surface area contributed by atoms with E-state index in [1.54, 1.807) is 19.4 Å². The van der Waals surface area contributed by atoms with E-state index in [0.717, 1.165) is 11.3 Å². The molecule has 18 heavy (non-hydrogen) atoms. The van der Waals surface area contributed by atoms with Crippen LogP contribution in [-0.2, 0) is 0 Å². The number of aromatic nitrogens is 3. The van der Waals surface area contributed by atoms with E-state index in [1.165, 1.54) is 0 Å². The summed E-state index contributed by atoms with van der Waals surface area (Å²) in [6.07, 6.45) is 3.58. The van der Waals surface area contributed by atoms with E-state index in [9.17, 15) is 0 Å². The number of methoxy groups -OCH3 is 1. The minimum absolute atomic E-state index is 0.0882. The van der Waals surface area contributed by atoms with Gasteiger partial charge in [0, 0.05) is 24.2 Å². The van der Waals surface area contributed by atoms with Crippen molar-refractivity contribution in [1.82, 2.24) is 15.0 Å². The molecule has 1 N–H and O–H groups in total. The first-order chi connectivity index (χ1) is 8.69. The van der Waals surface area contributed by atoms with Gasteiger partial charge in [-0.25, -0.2) is 4.98 Å². The number of nitrogens with one attached hydrogen (secondary N) is 1. The van der Waals surface area contributed by atoms with Crippen LogP contribution in [0.4, 0.5) is 5.95 Å². The molecule has 1 atom stereocenters. The van der Waals surface area contributed by atoms with Crippen LogP contribution in [0.3, 0.4) is 0 Å². The summed E-state index contributed by atoms with van der Waals surface area (Å²) in [4.78, 5) is 12.7. The van der Waals surface area contributed by atoms with Gasteiger partial charge < -0.3 is 10.1 Å². The van der Waals surface area contributed by atoms with Gasteiger partial charge in [0.1, 0.15) is 0 Å². The number of pyridine rings is 1. The molecule has 2 aromatic heterocycles. The Bertz CT molecular complexity index is 516. The number of aryl methyl sites for hydroxylation is 1. The minimum atomic E-state index is 0.0882. The van der Waals surface area contributed by atoms with E-state index in [0.29, 0.717) is 11.8 Å². The van der Waals surface area contributed by atoms with E-state index in [-0.39, 0.29) is 6.04 Å². The quantitative estimate of drug-likeness (QED) is 0.894. The Morgan fingerprint density at radius 2 is 2.17 bits per heavy atom. The molecule has 0 spiro atoms. The maximum atomic E-state index is 5.12. The van der Waals surface area contributed by atoms with Crippen LogP contribution < -0.4 is 10.1 Å². The third-order valence-electron chi connectivity index (χ3n) is 2.57. The van der Waals surface area contributed by atoms with Gasteiger partial charge in [-0.15, -0.1) is 0 Å². The highest BCUT2D eigenvalue weighted by Crippen LogP contribution is 2.18. The zero-order chi connectivity index (χ0) is 13.0. The molecule has 0 bridgehead atoms. The van der Waals surface area contributed by atoms with Crippen molar-refractivity contribution in [2.24, 2.45) is 0 Å². The van der Waals surface area contributed by atoms with E-state index in [2.05, 4.69) is 20.3 Å². The molecule has 0 aromatic carbocycles. The van der Waals surface area contributed by atoms with E-state index >= 15 is 0 Å². The van der Waals surface area contributed by atoms with Crippen molar-refractivity contribution >= 4 is 5.95 Å². The van der Waals surface area contributed by atoms with Gasteiger partial charge in [0.05, 0.1) is 13.2 Å². The number of rotatable bonds is 4. The van der Waals surface area contributed by atoms with Gasteiger partial charge in [0.15, 0.2) is 0 Å². The van der Waals surface area contributed by atoms with Crippen LogP contribution in [0.25, 0.3) is 0 Å². The van der Waals surface area contributed by atoms with Gasteiger partial charge in [-0.05, 0) is 25.5 Å². The summed E-state index contributed by atoms with van der Waals surface area (Å²) in [6.45, 7) is 3.94. The molecule has 5 nitrogen and oxygen atoms in total. The predicted octanol–water partition coefficient (Wildman–Crippen LogP) is 2.36. The minimum Gasteiger partial charge on any atom is -0.481 e. The van der Waals surface area contributed by atoms with Gasteiger partial charge in [-0.1, -0.05) is 6.07 Å². The highest BCUT2D eigenvalue weighted by molar-refractivity contribution is 5.34. The summed E-state index contributed by atoms with van der Waals surface area (Å²) in [5.74, 6) is 1.12. The first-order valence-electron chi connectivity index (χ1n) is 5.75. The summed E-state index contributed by atoms with van der Waals surface area (Å²) in [5.41, 5.74) is 1.95. The molecule has 0 aliphatic heterocycles. The predicted molar refractivity (Wildman–Crippen MR) is 69.6 cm³/mol. The number of ether oxygens (including phenoxy) is 1. The summed E-state index contributed by atoms with van der Waals surface area (Å²) in [5, 5.41) is 3.23. The second-order valence-electron chi connectivity index (χ2n) is 4.03. The van der Waals surface area contributed by atoms with Gasteiger partial charge >= 0.3 is 0 Å². The molecule has 2 heterocycles. The normalized spacial score (nSPS) is 11.9. The molecular weight excluding hydrogens is 228 g/mol. The molecule has 1 unspecified atom stereocenters. The van der Waals surface area contributed by atoms with Crippen molar-refractivity contribution in [1.29, 1.82) is 0 Å². The monoisotopic (exact) mass is 244 g/mol. The molecule has 0 saturated heterocycles. The lowest BCUT2D eigenvalue weighted by Crippen LogP contribution is -2.10. The Hall–Kier alpha value is -2.17. The topological polar surface area (TPSA) is 59.9 Å². The first-order valence-corrected chi connectivity index (χ1v) is 5.75. The van der Waals surface area contributed by atoms with Crippen LogP contribution in [0.2, 0.25) is 0 Å². The van der Waals surface area contributed by atoms with Gasteiger partial charge in [-0.2, -0.15) is 4.98 Å². The highest BCUT2D eigenvalue weighted by Gasteiger charge is 2.08. The fourth-order valence-electron chi connectivity index (χ4n) is 1.62. The SMILES string of the molecule is COc1cc(C)nc(NC(C)c2cccnc2)n1. The molecular formula is C13H16N4O. The van der Waals surface area contributed by atoms with Crippen molar-refractivity contribution in [2.45, 2.75) is 19.9 Å². The highest BCUT2D eigenvalue weighted by atomic mass is 16.5. The lowest BCUT2D eigenvalue weighted by Gasteiger charge is -2.14. The molecule has 0 aliphatic carbocycles. The largest absolute Gasteiger partial charge is 0.481 e. The number of hydrogen-bond donors (Lipinski definition) is 1. The summed E-state index contributed by atoms with van der Waals surface area (Å²) >= 11 is 0. The first kappa shape index (κ1) is 12.3. The van der Waals surface area contributed by atoms with Crippen molar-refractivity contribution in [3.05, 3.63) is 41.9 Å². The van der Waals surface area contributed by atoms with Crippen LogP contribution in [0, 0.1) is 6.92 Å². The molecule has 2 aromatic rings.